The van der Waals surface area contributed by atoms with Gasteiger partial charge in [-0.15, -0.1) is 0 Å². The van der Waals surface area contributed by atoms with Crippen LogP contribution in [0.4, 0.5) is 0 Å². The van der Waals surface area contributed by atoms with Crippen LogP contribution in [-0.2, 0) is 11.3 Å². The number of hydrogen-bond acceptors (Lipinski definition) is 5. The van der Waals surface area contributed by atoms with Crippen LogP contribution in [0.3, 0.4) is 0 Å². The first kappa shape index (κ1) is 15.4. The summed E-state index contributed by atoms with van der Waals surface area (Å²) in [6.45, 7) is 1.41. The summed E-state index contributed by atoms with van der Waals surface area (Å²) in [7, 11) is 1.64. The van der Waals surface area contributed by atoms with Crippen LogP contribution in [0.25, 0.3) is 0 Å². The molecule has 0 aliphatic carbocycles. The van der Waals surface area contributed by atoms with Crippen molar-refractivity contribution in [2.45, 2.75) is 19.0 Å². The second-order valence-corrected chi connectivity index (χ2v) is 4.14. The molecule has 1 atom stereocenters. The fraction of sp³-hybridized carbons (Fsp3) is 0.500. The lowest BCUT2D eigenvalue weighted by Gasteiger charge is -2.17. The minimum Gasteiger partial charge on any atom is -0.479 e. The molecule has 0 aromatic heterocycles. The van der Waals surface area contributed by atoms with E-state index >= 15 is 0 Å². The van der Waals surface area contributed by atoms with Gasteiger partial charge in [0.05, 0.1) is 6.61 Å². The number of benzene rings is 1. The molecule has 0 aliphatic heterocycles. The molecule has 0 radical (unpaired) electrons. The van der Waals surface area contributed by atoms with E-state index in [-0.39, 0.29) is 19.3 Å². The molecule has 104 valence electrons. The van der Waals surface area contributed by atoms with Crippen molar-refractivity contribution in [3.63, 3.8) is 0 Å². The van der Waals surface area contributed by atoms with E-state index in [0.717, 1.165) is 5.56 Å². The van der Waals surface area contributed by atoms with Crippen LogP contribution in [0, 0.1) is 11.3 Å². The number of nitrogens with one attached hydrogen (secondary N) is 1. The summed E-state index contributed by atoms with van der Waals surface area (Å²) in [4.78, 5) is 0. The molecular weight excluding hydrogens is 244 g/mol. The number of aliphatic hydroxyl groups excluding tert-OH is 1. The summed E-state index contributed by atoms with van der Waals surface area (Å²) in [5, 5.41) is 20.7. The molecule has 0 fully saturated rings. The highest BCUT2D eigenvalue weighted by molar-refractivity contribution is 5.28. The molecule has 2 N–H and O–H groups in total. The van der Waals surface area contributed by atoms with Gasteiger partial charge in [-0.25, -0.2) is 0 Å². The number of aliphatic hydroxyl groups is 1. The standard InChI is InChI=1S/C14H20N2O3/c1-18-11-13(5-7-17)16-10-12-3-2-4-14(9-12)19-8-6-15/h2-4,9,13,16-17H,5,7-8,10-11H2,1H3. The highest BCUT2D eigenvalue weighted by Gasteiger charge is 2.07. The van der Waals surface area contributed by atoms with Gasteiger partial charge in [0.15, 0.2) is 6.61 Å². The molecule has 0 saturated heterocycles. The third kappa shape index (κ3) is 6.20. The molecule has 5 nitrogen and oxygen atoms in total. The fourth-order valence-corrected chi connectivity index (χ4v) is 1.72. The second kappa shape index (κ2) is 9.34. The Bertz CT molecular complexity index is 398. The van der Waals surface area contributed by atoms with Gasteiger partial charge in [0, 0.05) is 26.3 Å². The van der Waals surface area contributed by atoms with Gasteiger partial charge in [-0.2, -0.15) is 5.26 Å². The van der Waals surface area contributed by atoms with E-state index in [1.807, 2.05) is 30.3 Å². The van der Waals surface area contributed by atoms with Gasteiger partial charge in [0.25, 0.3) is 0 Å². The summed E-state index contributed by atoms with van der Waals surface area (Å²) >= 11 is 0. The maximum Gasteiger partial charge on any atom is 0.174 e. The minimum atomic E-state index is 0.0493. The number of methoxy groups -OCH3 is 1. The normalized spacial score (nSPS) is 11.8. The zero-order valence-corrected chi connectivity index (χ0v) is 11.1. The van der Waals surface area contributed by atoms with Crippen LogP contribution in [0.15, 0.2) is 24.3 Å². The first-order valence-corrected chi connectivity index (χ1v) is 6.22. The van der Waals surface area contributed by atoms with Crippen molar-refractivity contribution in [3.8, 4) is 11.8 Å². The van der Waals surface area contributed by atoms with E-state index in [9.17, 15) is 0 Å². The van der Waals surface area contributed by atoms with Gasteiger partial charge in [0.2, 0.25) is 0 Å². The summed E-state index contributed by atoms with van der Waals surface area (Å²) in [5.74, 6) is 0.686. The first-order chi connectivity index (χ1) is 9.30. The van der Waals surface area contributed by atoms with Crippen molar-refractivity contribution < 1.29 is 14.6 Å². The van der Waals surface area contributed by atoms with Gasteiger partial charge in [0.1, 0.15) is 11.8 Å². The summed E-state index contributed by atoms with van der Waals surface area (Å²) in [6.07, 6.45) is 0.651. The lowest BCUT2D eigenvalue weighted by Crippen LogP contribution is -2.33. The molecule has 0 bridgehead atoms. The van der Waals surface area contributed by atoms with Crippen LogP contribution >= 0.6 is 0 Å². The Kier molecular flexibility index (Phi) is 7.59. The number of nitrogens with zero attached hydrogens (tertiary/aromatic N) is 1. The lowest BCUT2D eigenvalue weighted by atomic mass is 10.1. The Balaban J connectivity index is 2.49. The third-order valence-electron chi connectivity index (χ3n) is 2.64. The van der Waals surface area contributed by atoms with Gasteiger partial charge >= 0.3 is 0 Å². The molecule has 1 aromatic carbocycles. The average Bonchev–Trinajstić information content (AvgIpc) is 2.43. The Labute approximate surface area is 113 Å². The molecule has 0 heterocycles. The SMILES string of the molecule is COCC(CCO)NCc1cccc(OCC#N)c1. The van der Waals surface area contributed by atoms with Crippen molar-refractivity contribution in [2.75, 3.05) is 26.9 Å². The molecule has 1 unspecified atom stereocenters. The van der Waals surface area contributed by atoms with Crippen molar-refractivity contribution in [1.82, 2.24) is 5.32 Å². The van der Waals surface area contributed by atoms with E-state index in [4.69, 9.17) is 19.8 Å². The zero-order chi connectivity index (χ0) is 13.9. The van der Waals surface area contributed by atoms with Crippen molar-refractivity contribution in [1.29, 1.82) is 5.26 Å². The zero-order valence-electron chi connectivity index (χ0n) is 11.1. The summed E-state index contributed by atoms with van der Waals surface area (Å²) < 4.78 is 10.3. The van der Waals surface area contributed by atoms with Gasteiger partial charge in [-0.1, -0.05) is 12.1 Å². The van der Waals surface area contributed by atoms with E-state index in [0.29, 0.717) is 25.3 Å². The maximum atomic E-state index is 8.96. The largest absolute Gasteiger partial charge is 0.479 e. The lowest BCUT2D eigenvalue weighted by molar-refractivity contribution is 0.148. The molecular formula is C14H20N2O3. The monoisotopic (exact) mass is 264 g/mol. The molecule has 0 spiro atoms. The van der Waals surface area contributed by atoms with Crippen LogP contribution < -0.4 is 10.1 Å². The van der Waals surface area contributed by atoms with Gasteiger partial charge < -0.3 is 19.9 Å². The van der Waals surface area contributed by atoms with Gasteiger partial charge in [-0.3, -0.25) is 0 Å². The number of hydrogen-bond donors (Lipinski definition) is 2. The van der Waals surface area contributed by atoms with E-state index in [2.05, 4.69) is 5.32 Å². The predicted octanol–water partition coefficient (Wildman–Crippen LogP) is 1.08. The van der Waals surface area contributed by atoms with E-state index in [1.165, 1.54) is 0 Å². The predicted molar refractivity (Wildman–Crippen MR) is 71.8 cm³/mol. The summed E-state index contributed by atoms with van der Waals surface area (Å²) in [5.41, 5.74) is 1.06. The van der Waals surface area contributed by atoms with Crippen molar-refractivity contribution >= 4 is 0 Å². The third-order valence-corrected chi connectivity index (χ3v) is 2.64. The van der Waals surface area contributed by atoms with E-state index < -0.39 is 0 Å². The average molecular weight is 264 g/mol. The molecule has 1 aromatic rings. The minimum absolute atomic E-state index is 0.0493. The van der Waals surface area contributed by atoms with Crippen molar-refractivity contribution in [2.24, 2.45) is 0 Å². The second-order valence-electron chi connectivity index (χ2n) is 4.14. The number of ether oxygens (including phenoxy) is 2. The van der Waals surface area contributed by atoms with Crippen LogP contribution in [-0.4, -0.2) is 38.1 Å². The quantitative estimate of drug-likeness (QED) is 0.698. The van der Waals surface area contributed by atoms with Crippen molar-refractivity contribution in [3.05, 3.63) is 29.8 Å². The molecule has 0 saturated carbocycles. The highest BCUT2D eigenvalue weighted by atomic mass is 16.5. The Morgan fingerprint density at radius 3 is 3.00 bits per heavy atom. The first-order valence-electron chi connectivity index (χ1n) is 6.22. The van der Waals surface area contributed by atoms with Crippen LogP contribution in [0.1, 0.15) is 12.0 Å². The van der Waals surface area contributed by atoms with Gasteiger partial charge in [-0.05, 0) is 24.1 Å². The Morgan fingerprint density at radius 2 is 2.32 bits per heavy atom. The molecule has 1 rings (SSSR count). The molecule has 0 aliphatic rings. The Hall–Kier alpha value is -1.61. The van der Waals surface area contributed by atoms with Crippen LogP contribution in [0.5, 0.6) is 5.75 Å². The highest BCUT2D eigenvalue weighted by Crippen LogP contribution is 2.13. The smallest absolute Gasteiger partial charge is 0.174 e. The van der Waals surface area contributed by atoms with E-state index in [1.54, 1.807) is 7.11 Å². The summed E-state index contributed by atoms with van der Waals surface area (Å²) in [6, 6.07) is 9.65. The number of rotatable bonds is 9. The fourth-order valence-electron chi connectivity index (χ4n) is 1.72. The number of nitriles is 1. The topological polar surface area (TPSA) is 74.5 Å². The maximum absolute atomic E-state index is 8.96. The Morgan fingerprint density at radius 1 is 1.47 bits per heavy atom. The molecule has 19 heavy (non-hydrogen) atoms. The molecule has 5 heteroatoms. The molecule has 0 amide bonds. The van der Waals surface area contributed by atoms with Crippen LogP contribution in [0.2, 0.25) is 0 Å².